The molecule has 2 aromatic carbocycles. The standard InChI is InChI=1S/C23H22N2O5S/c1-5-12-30-18-11-6-15(13-19(18)28-3)14-20-21(26)25(2)23(31-20)24-17-9-7-16(8-10-17)22(27)29-4/h5-11,13-14H,1,12H2,2-4H3. The fourth-order valence-electron chi connectivity index (χ4n) is 2.75. The Hall–Kier alpha value is -3.52. The molecule has 160 valence electrons. The molecule has 0 aromatic heterocycles. The molecule has 0 saturated carbocycles. The molecule has 2 aromatic rings. The maximum Gasteiger partial charge on any atom is 0.337 e. The van der Waals surface area contributed by atoms with Gasteiger partial charge in [-0.2, -0.15) is 0 Å². The SMILES string of the molecule is C=CCOc1ccc(C=C2SC(=Nc3ccc(C(=O)OC)cc3)N(C)C2=O)cc1OC. The van der Waals surface area contributed by atoms with Gasteiger partial charge in [-0.05, 0) is 59.8 Å². The molecule has 8 heteroatoms. The molecule has 0 bridgehead atoms. The molecule has 0 radical (unpaired) electrons. The van der Waals surface area contributed by atoms with E-state index in [2.05, 4.69) is 11.6 Å². The van der Waals surface area contributed by atoms with Crippen LogP contribution < -0.4 is 9.47 Å². The highest BCUT2D eigenvalue weighted by atomic mass is 32.2. The quantitative estimate of drug-likeness (QED) is 0.365. The van der Waals surface area contributed by atoms with E-state index in [0.29, 0.717) is 39.4 Å². The fraction of sp³-hybridized carbons (Fsp3) is 0.174. The Morgan fingerprint density at radius 3 is 2.55 bits per heavy atom. The van der Waals surface area contributed by atoms with Gasteiger partial charge in [0.2, 0.25) is 0 Å². The highest BCUT2D eigenvalue weighted by Crippen LogP contribution is 2.35. The van der Waals surface area contributed by atoms with Crippen molar-refractivity contribution in [2.75, 3.05) is 27.9 Å². The molecule has 0 spiro atoms. The first-order valence-electron chi connectivity index (χ1n) is 9.33. The van der Waals surface area contributed by atoms with E-state index in [4.69, 9.17) is 14.2 Å². The lowest BCUT2D eigenvalue weighted by atomic mass is 10.2. The van der Waals surface area contributed by atoms with Crippen LogP contribution >= 0.6 is 11.8 Å². The minimum atomic E-state index is -0.414. The average molecular weight is 439 g/mol. The number of hydrogen-bond acceptors (Lipinski definition) is 7. The van der Waals surface area contributed by atoms with E-state index >= 15 is 0 Å². The molecule has 1 heterocycles. The zero-order chi connectivity index (χ0) is 22.4. The molecule has 0 atom stereocenters. The summed E-state index contributed by atoms with van der Waals surface area (Å²) >= 11 is 1.27. The van der Waals surface area contributed by atoms with Gasteiger partial charge in [0.25, 0.3) is 5.91 Å². The van der Waals surface area contributed by atoms with E-state index in [9.17, 15) is 9.59 Å². The maximum atomic E-state index is 12.7. The predicted octanol–water partition coefficient (Wildman–Crippen LogP) is 4.28. The Labute approximate surface area is 185 Å². The summed E-state index contributed by atoms with van der Waals surface area (Å²) < 4.78 is 15.6. The van der Waals surface area contributed by atoms with Crippen molar-refractivity contribution in [1.29, 1.82) is 0 Å². The monoisotopic (exact) mass is 438 g/mol. The predicted molar refractivity (Wildman–Crippen MR) is 122 cm³/mol. The number of methoxy groups -OCH3 is 2. The Kier molecular flexibility index (Phi) is 7.15. The minimum absolute atomic E-state index is 0.152. The number of carbonyl (C=O) groups is 2. The van der Waals surface area contributed by atoms with Crippen LogP contribution in [-0.2, 0) is 9.53 Å². The molecule has 1 aliphatic heterocycles. The van der Waals surface area contributed by atoms with E-state index in [1.54, 1.807) is 62.7 Å². The summed E-state index contributed by atoms with van der Waals surface area (Å²) in [5.41, 5.74) is 1.86. The van der Waals surface area contributed by atoms with Gasteiger partial charge in [0.1, 0.15) is 6.61 Å². The van der Waals surface area contributed by atoms with Gasteiger partial charge < -0.3 is 14.2 Å². The molecular formula is C23H22N2O5S. The number of ether oxygens (including phenoxy) is 3. The van der Waals surface area contributed by atoms with Crippen molar-refractivity contribution in [3.63, 3.8) is 0 Å². The summed E-state index contributed by atoms with van der Waals surface area (Å²) in [7, 11) is 4.56. The van der Waals surface area contributed by atoms with Crippen molar-refractivity contribution < 1.29 is 23.8 Å². The van der Waals surface area contributed by atoms with Gasteiger partial charge in [-0.1, -0.05) is 18.7 Å². The number of amidine groups is 1. The first kappa shape index (κ1) is 22.2. The van der Waals surface area contributed by atoms with Crippen LogP contribution in [0.3, 0.4) is 0 Å². The molecule has 31 heavy (non-hydrogen) atoms. The van der Waals surface area contributed by atoms with Gasteiger partial charge in [-0.15, -0.1) is 0 Å². The topological polar surface area (TPSA) is 77.4 Å². The van der Waals surface area contributed by atoms with Crippen LogP contribution in [0.5, 0.6) is 11.5 Å². The number of thioether (sulfide) groups is 1. The van der Waals surface area contributed by atoms with E-state index in [0.717, 1.165) is 5.56 Å². The molecule has 1 saturated heterocycles. The number of rotatable bonds is 7. The first-order valence-corrected chi connectivity index (χ1v) is 10.1. The van der Waals surface area contributed by atoms with Gasteiger partial charge in [0, 0.05) is 7.05 Å². The van der Waals surface area contributed by atoms with Crippen LogP contribution in [0.2, 0.25) is 0 Å². The molecular weight excluding hydrogens is 416 g/mol. The van der Waals surface area contributed by atoms with Crippen LogP contribution in [0.4, 0.5) is 5.69 Å². The van der Waals surface area contributed by atoms with Crippen molar-refractivity contribution in [3.05, 3.63) is 71.2 Å². The summed E-state index contributed by atoms with van der Waals surface area (Å²) in [5.74, 6) is 0.605. The zero-order valence-electron chi connectivity index (χ0n) is 17.5. The van der Waals surface area contributed by atoms with E-state index < -0.39 is 5.97 Å². The molecule has 0 aliphatic carbocycles. The molecule has 1 fully saturated rings. The van der Waals surface area contributed by atoms with Crippen molar-refractivity contribution >= 4 is 40.6 Å². The summed E-state index contributed by atoms with van der Waals surface area (Å²) in [6.45, 7) is 4.00. The largest absolute Gasteiger partial charge is 0.493 e. The molecule has 7 nitrogen and oxygen atoms in total. The van der Waals surface area contributed by atoms with Crippen LogP contribution in [0.1, 0.15) is 15.9 Å². The molecule has 0 unspecified atom stereocenters. The minimum Gasteiger partial charge on any atom is -0.493 e. The van der Waals surface area contributed by atoms with Crippen molar-refractivity contribution in [1.82, 2.24) is 4.90 Å². The smallest absolute Gasteiger partial charge is 0.337 e. The highest BCUT2D eigenvalue weighted by molar-refractivity contribution is 8.18. The summed E-state index contributed by atoms with van der Waals surface area (Å²) in [6.07, 6.45) is 3.44. The van der Waals surface area contributed by atoms with Crippen molar-refractivity contribution in [2.24, 2.45) is 4.99 Å². The van der Waals surface area contributed by atoms with Gasteiger partial charge in [-0.25, -0.2) is 9.79 Å². The molecule has 1 aliphatic rings. The third kappa shape index (κ3) is 5.16. The van der Waals surface area contributed by atoms with Gasteiger partial charge >= 0.3 is 5.97 Å². The van der Waals surface area contributed by atoms with E-state index in [-0.39, 0.29) is 5.91 Å². The van der Waals surface area contributed by atoms with E-state index in [1.807, 2.05) is 6.07 Å². The van der Waals surface area contributed by atoms with E-state index in [1.165, 1.54) is 23.8 Å². The van der Waals surface area contributed by atoms with Gasteiger partial charge in [0.05, 0.1) is 30.4 Å². The summed E-state index contributed by atoms with van der Waals surface area (Å²) in [4.78, 5) is 30.8. The van der Waals surface area contributed by atoms with Crippen LogP contribution in [0, 0.1) is 0 Å². The zero-order valence-corrected chi connectivity index (χ0v) is 18.3. The number of esters is 1. The highest BCUT2D eigenvalue weighted by Gasteiger charge is 2.30. The number of aliphatic imine (C=N–C) groups is 1. The Bertz CT molecular complexity index is 1060. The lowest BCUT2D eigenvalue weighted by Gasteiger charge is -2.10. The van der Waals surface area contributed by atoms with Gasteiger partial charge in [-0.3, -0.25) is 9.69 Å². The number of carbonyl (C=O) groups excluding carboxylic acids is 2. The Balaban J connectivity index is 1.82. The van der Waals surface area contributed by atoms with Crippen LogP contribution in [0.25, 0.3) is 6.08 Å². The van der Waals surface area contributed by atoms with Crippen LogP contribution in [0.15, 0.2) is 65.0 Å². The normalized spacial score (nSPS) is 16.0. The number of benzene rings is 2. The Morgan fingerprint density at radius 2 is 1.90 bits per heavy atom. The van der Waals surface area contributed by atoms with Crippen molar-refractivity contribution in [3.8, 4) is 11.5 Å². The second-order valence-corrected chi connectivity index (χ2v) is 7.43. The Morgan fingerprint density at radius 1 is 1.16 bits per heavy atom. The summed E-state index contributed by atoms with van der Waals surface area (Å²) in [5, 5.41) is 0.542. The average Bonchev–Trinajstić information content (AvgIpc) is 3.05. The third-order valence-corrected chi connectivity index (χ3v) is 5.42. The van der Waals surface area contributed by atoms with Gasteiger partial charge in [0.15, 0.2) is 16.7 Å². The number of likely N-dealkylation sites (N-methyl/N-ethyl adjacent to an activating group) is 1. The second-order valence-electron chi connectivity index (χ2n) is 6.42. The third-order valence-electron chi connectivity index (χ3n) is 4.36. The second kappa shape index (κ2) is 9.99. The lowest BCUT2D eigenvalue weighted by molar-refractivity contribution is -0.121. The first-order chi connectivity index (χ1) is 15.0. The van der Waals surface area contributed by atoms with Crippen LogP contribution in [-0.4, -0.2) is 49.8 Å². The molecule has 0 N–H and O–H groups in total. The maximum absolute atomic E-state index is 12.7. The van der Waals surface area contributed by atoms with Crippen molar-refractivity contribution in [2.45, 2.75) is 0 Å². The number of hydrogen-bond donors (Lipinski definition) is 0. The summed E-state index contributed by atoms with van der Waals surface area (Å²) in [6, 6.07) is 12.1. The molecule has 1 amide bonds. The lowest BCUT2D eigenvalue weighted by Crippen LogP contribution is -2.23. The molecule has 3 rings (SSSR count). The number of nitrogens with zero attached hydrogens (tertiary/aromatic N) is 2. The fourth-order valence-corrected chi connectivity index (χ4v) is 3.73. The number of amides is 1.